The lowest BCUT2D eigenvalue weighted by atomic mass is 9.87. The average molecular weight is 176 g/mol. The zero-order chi connectivity index (χ0) is 9.26. The minimum atomic E-state index is 0.418. The lowest BCUT2D eigenvalue weighted by Crippen LogP contribution is -2.44. The molecule has 0 saturated heterocycles. The number of anilines is 1. The Morgan fingerprint density at radius 2 is 2.00 bits per heavy atom. The highest BCUT2D eigenvalue weighted by atomic mass is 15.0. The first-order chi connectivity index (χ1) is 6.25. The maximum atomic E-state index is 5.72. The molecule has 1 saturated carbocycles. The molecule has 1 aromatic carbocycles. The van der Waals surface area contributed by atoms with Gasteiger partial charge < -0.3 is 11.1 Å². The van der Waals surface area contributed by atoms with E-state index in [2.05, 4.69) is 36.5 Å². The lowest BCUT2D eigenvalue weighted by molar-refractivity contribution is 0.373. The first-order valence-corrected chi connectivity index (χ1v) is 4.83. The number of nitrogens with two attached hydrogens (primary N) is 1. The summed E-state index contributed by atoms with van der Waals surface area (Å²) in [6.45, 7) is 2.13. The van der Waals surface area contributed by atoms with Crippen molar-refractivity contribution >= 4 is 5.69 Å². The molecule has 1 aliphatic rings. The quantitative estimate of drug-likeness (QED) is 0.722. The van der Waals surface area contributed by atoms with Crippen LogP contribution in [0.5, 0.6) is 0 Å². The number of benzene rings is 1. The van der Waals surface area contributed by atoms with E-state index in [9.17, 15) is 0 Å². The molecule has 0 bridgehead atoms. The van der Waals surface area contributed by atoms with Gasteiger partial charge >= 0.3 is 0 Å². The molecule has 1 aromatic rings. The topological polar surface area (TPSA) is 38.0 Å². The average Bonchev–Trinajstić information content (AvgIpc) is 2.06. The highest BCUT2D eigenvalue weighted by Crippen LogP contribution is 2.24. The molecule has 0 amide bonds. The molecule has 2 nitrogen and oxygen atoms in total. The molecule has 0 aliphatic heterocycles. The van der Waals surface area contributed by atoms with Gasteiger partial charge in [0.25, 0.3) is 0 Å². The third kappa shape index (κ3) is 1.83. The Kier molecular flexibility index (Phi) is 2.23. The van der Waals surface area contributed by atoms with Crippen molar-refractivity contribution in [2.75, 3.05) is 5.32 Å². The summed E-state index contributed by atoms with van der Waals surface area (Å²) in [5.41, 5.74) is 8.28. The van der Waals surface area contributed by atoms with Crippen LogP contribution in [0.25, 0.3) is 0 Å². The van der Waals surface area contributed by atoms with Crippen molar-refractivity contribution < 1.29 is 0 Å². The summed E-state index contributed by atoms with van der Waals surface area (Å²) in [5, 5.41) is 3.50. The van der Waals surface area contributed by atoms with Gasteiger partial charge in [-0.3, -0.25) is 0 Å². The van der Waals surface area contributed by atoms with Crippen LogP contribution in [0.15, 0.2) is 24.3 Å². The summed E-state index contributed by atoms with van der Waals surface area (Å²) in [4.78, 5) is 0. The van der Waals surface area contributed by atoms with Crippen molar-refractivity contribution in [2.24, 2.45) is 5.73 Å². The second kappa shape index (κ2) is 3.38. The number of rotatable bonds is 2. The summed E-state index contributed by atoms with van der Waals surface area (Å²) in [6.07, 6.45) is 2.21. The van der Waals surface area contributed by atoms with Crippen molar-refractivity contribution in [1.82, 2.24) is 0 Å². The van der Waals surface area contributed by atoms with E-state index in [0.29, 0.717) is 12.1 Å². The van der Waals surface area contributed by atoms with E-state index in [-0.39, 0.29) is 0 Å². The van der Waals surface area contributed by atoms with Gasteiger partial charge in [-0.05, 0) is 31.4 Å². The van der Waals surface area contributed by atoms with Gasteiger partial charge in [-0.15, -0.1) is 0 Å². The third-order valence-corrected chi connectivity index (χ3v) is 2.68. The van der Waals surface area contributed by atoms with Gasteiger partial charge in [-0.2, -0.15) is 0 Å². The van der Waals surface area contributed by atoms with E-state index >= 15 is 0 Å². The minimum Gasteiger partial charge on any atom is -0.382 e. The third-order valence-electron chi connectivity index (χ3n) is 2.68. The monoisotopic (exact) mass is 176 g/mol. The predicted octanol–water partition coefficient (Wildman–Crippen LogP) is 1.90. The van der Waals surface area contributed by atoms with Gasteiger partial charge in [-0.1, -0.05) is 18.2 Å². The number of nitrogens with one attached hydrogen (secondary N) is 1. The first kappa shape index (κ1) is 8.57. The number of hydrogen-bond acceptors (Lipinski definition) is 2. The summed E-state index contributed by atoms with van der Waals surface area (Å²) >= 11 is 0. The van der Waals surface area contributed by atoms with Crippen molar-refractivity contribution in [3.63, 3.8) is 0 Å². The van der Waals surface area contributed by atoms with E-state index < -0.39 is 0 Å². The van der Waals surface area contributed by atoms with E-state index in [0.717, 1.165) is 12.8 Å². The van der Waals surface area contributed by atoms with Gasteiger partial charge in [0.1, 0.15) is 0 Å². The van der Waals surface area contributed by atoms with Crippen LogP contribution in [0.4, 0.5) is 5.69 Å². The molecule has 3 N–H and O–H groups in total. The van der Waals surface area contributed by atoms with Crippen molar-refractivity contribution in [2.45, 2.75) is 31.8 Å². The summed E-state index contributed by atoms with van der Waals surface area (Å²) < 4.78 is 0. The standard InChI is InChI=1S/C11H16N2/c1-8-4-2-3-5-11(8)13-10-6-9(12)7-10/h2-5,9-10,13H,6-7,12H2,1H3. The molecule has 70 valence electrons. The van der Waals surface area contributed by atoms with E-state index in [1.807, 2.05) is 0 Å². The van der Waals surface area contributed by atoms with Crippen LogP contribution in [-0.2, 0) is 0 Å². The van der Waals surface area contributed by atoms with Crippen molar-refractivity contribution in [1.29, 1.82) is 0 Å². The first-order valence-electron chi connectivity index (χ1n) is 4.83. The summed E-state index contributed by atoms with van der Waals surface area (Å²) in [6, 6.07) is 9.39. The Morgan fingerprint density at radius 1 is 1.31 bits per heavy atom. The molecule has 0 radical (unpaired) electrons. The molecule has 13 heavy (non-hydrogen) atoms. The Labute approximate surface area is 79.1 Å². The normalized spacial score (nSPS) is 26.6. The van der Waals surface area contributed by atoms with Gasteiger partial charge in [0.05, 0.1) is 0 Å². The smallest absolute Gasteiger partial charge is 0.0372 e. The Hall–Kier alpha value is -1.02. The zero-order valence-corrected chi connectivity index (χ0v) is 7.96. The molecule has 2 heteroatoms. The number of hydrogen-bond donors (Lipinski definition) is 2. The molecular formula is C11H16N2. The second-order valence-corrected chi connectivity index (χ2v) is 3.89. The van der Waals surface area contributed by atoms with E-state index in [4.69, 9.17) is 5.73 Å². The van der Waals surface area contributed by atoms with Crippen LogP contribution in [0.1, 0.15) is 18.4 Å². The van der Waals surface area contributed by atoms with Crippen LogP contribution >= 0.6 is 0 Å². The number of para-hydroxylation sites is 1. The molecule has 1 fully saturated rings. The predicted molar refractivity (Wildman–Crippen MR) is 55.8 cm³/mol. The summed E-state index contributed by atoms with van der Waals surface area (Å²) in [7, 11) is 0. The fourth-order valence-corrected chi connectivity index (χ4v) is 1.73. The molecule has 2 rings (SSSR count). The largest absolute Gasteiger partial charge is 0.382 e. The minimum absolute atomic E-state index is 0.418. The zero-order valence-electron chi connectivity index (χ0n) is 7.96. The SMILES string of the molecule is Cc1ccccc1NC1CC(N)C1. The molecule has 0 unspecified atom stereocenters. The molecule has 0 aromatic heterocycles. The molecule has 0 atom stereocenters. The van der Waals surface area contributed by atoms with Crippen molar-refractivity contribution in [3.05, 3.63) is 29.8 Å². The van der Waals surface area contributed by atoms with E-state index in [1.165, 1.54) is 11.3 Å². The van der Waals surface area contributed by atoms with Gasteiger partial charge in [0.15, 0.2) is 0 Å². The Bertz CT molecular complexity index is 290. The van der Waals surface area contributed by atoms with E-state index in [1.54, 1.807) is 0 Å². The fraction of sp³-hybridized carbons (Fsp3) is 0.455. The maximum Gasteiger partial charge on any atom is 0.0372 e. The van der Waals surface area contributed by atoms with Crippen LogP contribution in [-0.4, -0.2) is 12.1 Å². The van der Waals surface area contributed by atoms with Gasteiger partial charge in [-0.25, -0.2) is 0 Å². The number of aryl methyl sites for hydroxylation is 1. The highest BCUT2D eigenvalue weighted by Gasteiger charge is 2.25. The van der Waals surface area contributed by atoms with Crippen molar-refractivity contribution in [3.8, 4) is 0 Å². The Balaban J connectivity index is 1.98. The maximum absolute atomic E-state index is 5.72. The summed E-state index contributed by atoms with van der Waals surface area (Å²) in [5.74, 6) is 0. The van der Waals surface area contributed by atoms with Crippen LogP contribution in [0.3, 0.4) is 0 Å². The molecule has 0 spiro atoms. The lowest BCUT2D eigenvalue weighted by Gasteiger charge is -2.34. The van der Waals surface area contributed by atoms with Crippen LogP contribution in [0, 0.1) is 6.92 Å². The highest BCUT2D eigenvalue weighted by molar-refractivity contribution is 5.51. The molecule has 1 aliphatic carbocycles. The Morgan fingerprint density at radius 3 is 2.62 bits per heavy atom. The van der Waals surface area contributed by atoms with Crippen LogP contribution < -0.4 is 11.1 Å². The van der Waals surface area contributed by atoms with Crippen LogP contribution in [0.2, 0.25) is 0 Å². The molecular weight excluding hydrogens is 160 g/mol. The molecule has 0 heterocycles. The van der Waals surface area contributed by atoms with Gasteiger partial charge in [0, 0.05) is 17.8 Å². The van der Waals surface area contributed by atoms with Gasteiger partial charge in [0.2, 0.25) is 0 Å². The second-order valence-electron chi connectivity index (χ2n) is 3.89. The fourth-order valence-electron chi connectivity index (χ4n) is 1.73.